The molecule has 110 valence electrons. The van der Waals surface area contributed by atoms with Crippen molar-refractivity contribution < 1.29 is 18.7 Å². The number of benzene rings is 1. The second kappa shape index (κ2) is 4.79. The van der Waals surface area contributed by atoms with Gasteiger partial charge in [-0.1, -0.05) is 13.0 Å². The summed E-state index contributed by atoms with van der Waals surface area (Å²) in [6.07, 6.45) is 2.49. The molecule has 2 atom stereocenters. The van der Waals surface area contributed by atoms with Crippen molar-refractivity contribution >= 4 is 11.4 Å². The number of aromatic hydroxyl groups is 1. The Morgan fingerprint density at radius 1 is 1.24 bits per heavy atom. The summed E-state index contributed by atoms with van der Waals surface area (Å²) in [5, 5.41) is 9.27. The van der Waals surface area contributed by atoms with Gasteiger partial charge in [-0.25, -0.2) is 4.39 Å². The molecule has 0 bridgehead atoms. The van der Waals surface area contributed by atoms with Crippen LogP contribution < -0.4 is 0 Å². The van der Waals surface area contributed by atoms with E-state index in [1.165, 1.54) is 6.07 Å². The Morgan fingerprint density at radius 2 is 1.90 bits per heavy atom. The number of carbonyl (C=O) groups is 1. The number of hydrogen-bond donors (Lipinski definition) is 1. The second-order valence-electron chi connectivity index (χ2n) is 5.84. The zero-order valence-corrected chi connectivity index (χ0v) is 11.7. The number of phenols is 1. The summed E-state index contributed by atoms with van der Waals surface area (Å²) in [5.74, 6) is -3.29. The van der Waals surface area contributed by atoms with Crippen molar-refractivity contribution in [1.29, 1.82) is 0 Å². The summed E-state index contributed by atoms with van der Waals surface area (Å²) in [4.78, 5) is 12.5. The molecule has 4 heteroatoms. The molecule has 1 N–H and O–H groups in total. The SMILES string of the molecule is C=C(C)C1=C(c2ccc(O)c(F)c2F)C2CCCC2C1=O. The van der Waals surface area contributed by atoms with Gasteiger partial charge in [-0.2, -0.15) is 4.39 Å². The Kier molecular flexibility index (Phi) is 3.19. The molecular weight excluding hydrogens is 274 g/mol. The first-order chi connectivity index (χ1) is 9.93. The highest BCUT2D eigenvalue weighted by molar-refractivity contribution is 6.13. The highest BCUT2D eigenvalue weighted by Crippen LogP contribution is 2.51. The van der Waals surface area contributed by atoms with E-state index in [-0.39, 0.29) is 23.2 Å². The van der Waals surface area contributed by atoms with Crippen LogP contribution in [0, 0.1) is 23.5 Å². The first-order valence-electron chi connectivity index (χ1n) is 7.05. The van der Waals surface area contributed by atoms with Gasteiger partial charge in [0.05, 0.1) is 0 Å². The zero-order valence-electron chi connectivity index (χ0n) is 11.7. The Labute approximate surface area is 121 Å². The number of halogens is 2. The molecule has 2 aliphatic rings. The van der Waals surface area contributed by atoms with Gasteiger partial charge in [0.25, 0.3) is 0 Å². The molecule has 0 radical (unpaired) electrons. The standard InChI is InChI=1S/C17H16F2O2/c1-8(2)13-14(9-4-3-5-10(9)17(13)21)11-6-7-12(20)16(19)15(11)18/h6-7,9-10,20H,1,3-5H2,2H3. The molecular formula is C17H16F2O2. The quantitative estimate of drug-likeness (QED) is 0.894. The van der Waals surface area contributed by atoms with Crippen molar-refractivity contribution in [2.75, 3.05) is 0 Å². The van der Waals surface area contributed by atoms with Crippen molar-refractivity contribution in [3.8, 4) is 5.75 Å². The number of ketones is 1. The fourth-order valence-electron chi connectivity index (χ4n) is 3.64. The van der Waals surface area contributed by atoms with Gasteiger partial charge in [-0.3, -0.25) is 4.79 Å². The van der Waals surface area contributed by atoms with E-state index in [1.807, 2.05) is 0 Å². The maximum atomic E-state index is 14.2. The number of carbonyl (C=O) groups excluding carboxylic acids is 1. The molecule has 0 heterocycles. The summed E-state index contributed by atoms with van der Waals surface area (Å²) >= 11 is 0. The minimum absolute atomic E-state index is 0.00659. The third-order valence-corrected chi connectivity index (χ3v) is 4.52. The molecule has 1 aromatic rings. The monoisotopic (exact) mass is 290 g/mol. The summed E-state index contributed by atoms with van der Waals surface area (Å²) in [6.45, 7) is 5.53. The number of fused-ring (bicyclic) bond motifs is 1. The molecule has 1 saturated carbocycles. The number of allylic oxidation sites excluding steroid dienone is 3. The van der Waals surface area contributed by atoms with Crippen LogP contribution in [0.1, 0.15) is 31.7 Å². The Balaban J connectivity index is 2.25. The molecule has 0 saturated heterocycles. The molecule has 0 spiro atoms. The first-order valence-corrected chi connectivity index (χ1v) is 7.05. The minimum atomic E-state index is -1.27. The van der Waals surface area contributed by atoms with Crippen LogP contribution in [0.4, 0.5) is 8.78 Å². The number of Topliss-reactive ketones (excluding diaryl/α,β-unsaturated/α-hetero) is 1. The van der Waals surface area contributed by atoms with Gasteiger partial charge in [0.1, 0.15) is 0 Å². The van der Waals surface area contributed by atoms with Crippen LogP contribution >= 0.6 is 0 Å². The number of phenolic OH excluding ortho intramolecular Hbond substituents is 1. The van der Waals surface area contributed by atoms with Gasteiger partial charge >= 0.3 is 0 Å². The summed E-state index contributed by atoms with van der Waals surface area (Å²) < 4.78 is 27.9. The van der Waals surface area contributed by atoms with Gasteiger partial charge in [-0.15, -0.1) is 0 Å². The van der Waals surface area contributed by atoms with Crippen LogP contribution in [-0.4, -0.2) is 10.9 Å². The van der Waals surface area contributed by atoms with E-state index < -0.39 is 17.4 Å². The highest BCUT2D eigenvalue weighted by Gasteiger charge is 2.45. The third-order valence-electron chi connectivity index (χ3n) is 4.52. The Bertz CT molecular complexity index is 688. The predicted octanol–water partition coefficient (Wildman–Crippen LogP) is 4.00. The lowest BCUT2D eigenvalue weighted by Crippen LogP contribution is -2.12. The highest BCUT2D eigenvalue weighted by atomic mass is 19.2. The summed E-state index contributed by atoms with van der Waals surface area (Å²) in [6, 6.07) is 2.48. The number of hydrogen-bond acceptors (Lipinski definition) is 2. The van der Waals surface area contributed by atoms with E-state index in [2.05, 4.69) is 6.58 Å². The van der Waals surface area contributed by atoms with Gasteiger partial charge in [0.2, 0.25) is 5.82 Å². The zero-order chi connectivity index (χ0) is 15.3. The van der Waals surface area contributed by atoms with Crippen LogP contribution in [-0.2, 0) is 4.79 Å². The van der Waals surface area contributed by atoms with E-state index in [0.29, 0.717) is 16.7 Å². The molecule has 2 aliphatic carbocycles. The molecule has 2 unspecified atom stereocenters. The summed E-state index contributed by atoms with van der Waals surface area (Å²) in [5.41, 5.74) is 1.66. The van der Waals surface area contributed by atoms with E-state index in [1.54, 1.807) is 6.92 Å². The van der Waals surface area contributed by atoms with E-state index in [4.69, 9.17) is 0 Å². The van der Waals surface area contributed by atoms with Crippen LogP contribution in [0.5, 0.6) is 5.75 Å². The summed E-state index contributed by atoms with van der Waals surface area (Å²) in [7, 11) is 0. The van der Waals surface area contributed by atoms with Crippen LogP contribution in [0.3, 0.4) is 0 Å². The average molecular weight is 290 g/mol. The van der Waals surface area contributed by atoms with E-state index in [0.717, 1.165) is 25.3 Å². The smallest absolute Gasteiger partial charge is 0.200 e. The van der Waals surface area contributed by atoms with Gasteiger partial charge in [-0.05, 0) is 49.0 Å². The van der Waals surface area contributed by atoms with Crippen LogP contribution in [0.15, 0.2) is 29.9 Å². The Morgan fingerprint density at radius 3 is 2.57 bits per heavy atom. The Hall–Kier alpha value is -1.97. The second-order valence-corrected chi connectivity index (χ2v) is 5.84. The molecule has 3 rings (SSSR count). The molecule has 0 aliphatic heterocycles. The van der Waals surface area contributed by atoms with Crippen LogP contribution in [0.2, 0.25) is 0 Å². The topological polar surface area (TPSA) is 37.3 Å². The van der Waals surface area contributed by atoms with Gasteiger partial charge in [0, 0.05) is 17.1 Å². The molecule has 21 heavy (non-hydrogen) atoms. The first kappa shape index (κ1) is 14.0. The van der Waals surface area contributed by atoms with Crippen molar-refractivity contribution in [3.05, 3.63) is 47.1 Å². The fourth-order valence-corrected chi connectivity index (χ4v) is 3.64. The van der Waals surface area contributed by atoms with Crippen molar-refractivity contribution in [3.63, 3.8) is 0 Å². The predicted molar refractivity (Wildman–Crippen MR) is 75.6 cm³/mol. The lowest BCUT2D eigenvalue weighted by molar-refractivity contribution is -0.118. The number of rotatable bonds is 2. The van der Waals surface area contributed by atoms with Crippen molar-refractivity contribution in [2.24, 2.45) is 11.8 Å². The minimum Gasteiger partial charge on any atom is -0.505 e. The van der Waals surface area contributed by atoms with Crippen molar-refractivity contribution in [1.82, 2.24) is 0 Å². The molecule has 1 aromatic carbocycles. The normalized spacial score (nSPS) is 24.6. The third kappa shape index (κ3) is 1.93. The fraction of sp³-hybridized carbons (Fsp3) is 0.353. The largest absolute Gasteiger partial charge is 0.505 e. The van der Waals surface area contributed by atoms with Gasteiger partial charge in [0.15, 0.2) is 17.3 Å². The molecule has 1 fully saturated rings. The molecule has 2 nitrogen and oxygen atoms in total. The molecule has 0 amide bonds. The lowest BCUT2D eigenvalue weighted by Gasteiger charge is -2.15. The molecule has 0 aromatic heterocycles. The maximum absolute atomic E-state index is 14.2. The average Bonchev–Trinajstić information content (AvgIpc) is 2.99. The maximum Gasteiger partial charge on any atom is 0.200 e. The van der Waals surface area contributed by atoms with E-state index >= 15 is 0 Å². The lowest BCUT2D eigenvalue weighted by atomic mass is 9.89. The van der Waals surface area contributed by atoms with Crippen molar-refractivity contribution in [2.45, 2.75) is 26.2 Å². The van der Waals surface area contributed by atoms with E-state index in [9.17, 15) is 18.7 Å². The van der Waals surface area contributed by atoms with Crippen LogP contribution in [0.25, 0.3) is 5.57 Å². The van der Waals surface area contributed by atoms with Gasteiger partial charge < -0.3 is 5.11 Å².